The van der Waals surface area contributed by atoms with Gasteiger partial charge in [0.1, 0.15) is 0 Å². The lowest BCUT2D eigenvalue weighted by Gasteiger charge is -2.16. The van der Waals surface area contributed by atoms with Crippen molar-refractivity contribution in [3.05, 3.63) is 24.3 Å². The minimum atomic E-state index is -1.01. The van der Waals surface area contributed by atoms with Crippen molar-refractivity contribution >= 4 is 35.3 Å². The summed E-state index contributed by atoms with van der Waals surface area (Å²) in [6.45, 7) is 1.82. The molecule has 1 saturated heterocycles. The van der Waals surface area contributed by atoms with Gasteiger partial charge in [-0.05, 0) is 19.1 Å². The average Bonchev–Trinajstić information content (AvgIpc) is 2.65. The van der Waals surface area contributed by atoms with E-state index in [1.54, 1.807) is 19.1 Å². The van der Waals surface area contributed by atoms with Gasteiger partial charge in [0.25, 0.3) is 0 Å². The maximum absolute atomic E-state index is 11.6. The third-order valence-electron chi connectivity index (χ3n) is 2.48. The Kier molecular flexibility index (Phi) is 3.65. The number of anilines is 2. The van der Waals surface area contributed by atoms with Crippen LogP contribution in [0.4, 0.5) is 21.0 Å². The Morgan fingerprint density at radius 1 is 1.30 bits per heavy atom. The fourth-order valence-corrected chi connectivity index (χ4v) is 1.67. The number of hydrogen-bond donors (Lipinski definition) is 2. The molecule has 1 fully saturated rings. The number of urea groups is 1. The van der Waals surface area contributed by atoms with Gasteiger partial charge in [0.05, 0.1) is 18.0 Å². The highest BCUT2D eigenvalue weighted by atomic mass is 16.5. The largest absolute Gasteiger partial charge is 0.450 e. The molecule has 0 atom stereocenters. The fraction of sp³-hybridized carbons (Fsp3) is 0.167. The first-order chi connectivity index (χ1) is 9.54. The molecule has 2 N–H and O–H groups in total. The molecule has 0 unspecified atom stereocenters. The van der Waals surface area contributed by atoms with Crippen molar-refractivity contribution in [1.29, 1.82) is 0 Å². The number of nitrogens with one attached hydrogen (secondary N) is 2. The molecule has 8 heteroatoms. The van der Waals surface area contributed by atoms with Gasteiger partial charge in [0.15, 0.2) is 0 Å². The van der Waals surface area contributed by atoms with Crippen LogP contribution in [0.15, 0.2) is 24.3 Å². The van der Waals surface area contributed by atoms with Crippen molar-refractivity contribution in [2.24, 2.45) is 0 Å². The molecule has 2 rings (SSSR count). The monoisotopic (exact) mass is 277 g/mol. The van der Waals surface area contributed by atoms with Crippen molar-refractivity contribution in [3.63, 3.8) is 0 Å². The van der Waals surface area contributed by atoms with Gasteiger partial charge in [-0.3, -0.25) is 20.2 Å². The summed E-state index contributed by atoms with van der Waals surface area (Å²) < 4.78 is 4.72. The van der Waals surface area contributed by atoms with Crippen molar-refractivity contribution in [3.8, 4) is 0 Å². The molecule has 20 heavy (non-hydrogen) atoms. The molecule has 1 heterocycles. The molecule has 0 aromatic heterocycles. The molecule has 0 spiro atoms. The Morgan fingerprint density at radius 3 is 2.60 bits per heavy atom. The Hall–Kier alpha value is -2.90. The number of hydrogen-bond acceptors (Lipinski definition) is 5. The summed E-state index contributed by atoms with van der Waals surface area (Å²) >= 11 is 0. The molecular formula is C12H11N3O5. The van der Waals surface area contributed by atoms with Gasteiger partial charge >= 0.3 is 23.9 Å². The summed E-state index contributed by atoms with van der Waals surface area (Å²) in [4.78, 5) is 46.4. The molecule has 104 valence electrons. The average molecular weight is 277 g/mol. The molecular weight excluding hydrogens is 266 g/mol. The minimum Gasteiger partial charge on any atom is -0.450 e. The van der Waals surface area contributed by atoms with E-state index in [9.17, 15) is 19.2 Å². The second-order valence-corrected chi connectivity index (χ2v) is 3.76. The van der Waals surface area contributed by atoms with Crippen LogP contribution in [0.5, 0.6) is 0 Å². The number of amides is 5. The molecule has 0 bridgehead atoms. The summed E-state index contributed by atoms with van der Waals surface area (Å²) in [7, 11) is 0. The van der Waals surface area contributed by atoms with Crippen LogP contribution in [0.1, 0.15) is 6.92 Å². The van der Waals surface area contributed by atoms with Gasteiger partial charge < -0.3 is 4.74 Å². The third kappa shape index (κ3) is 2.44. The molecule has 8 nitrogen and oxygen atoms in total. The van der Waals surface area contributed by atoms with Gasteiger partial charge in [-0.25, -0.2) is 14.5 Å². The second-order valence-electron chi connectivity index (χ2n) is 3.76. The topological polar surface area (TPSA) is 105 Å². The molecule has 0 saturated carbocycles. The van der Waals surface area contributed by atoms with Crippen molar-refractivity contribution in [2.75, 3.05) is 16.8 Å². The number of para-hydroxylation sites is 2. The normalized spacial score (nSPS) is 14.2. The van der Waals surface area contributed by atoms with Crippen molar-refractivity contribution in [1.82, 2.24) is 5.32 Å². The Labute approximate surface area is 113 Å². The van der Waals surface area contributed by atoms with E-state index in [1.807, 2.05) is 5.32 Å². The maximum atomic E-state index is 11.6. The SMILES string of the molecule is CCOC(=O)Nc1ccccc1N1C(=O)NC(=O)C1=O. The second kappa shape index (κ2) is 5.39. The van der Waals surface area contributed by atoms with Crippen LogP contribution in [-0.2, 0) is 14.3 Å². The van der Waals surface area contributed by atoms with Gasteiger partial charge in [-0.2, -0.15) is 0 Å². The van der Waals surface area contributed by atoms with Crippen LogP contribution in [0.3, 0.4) is 0 Å². The lowest BCUT2D eigenvalue weighted by Crippen LogP contribution is -2.31. The smallest absolute Gasteiger partial charge is 0.411 e. The highest BCUT2D eigenvalue weighted by Gasteiger charge is 2.39. The maximum Gasteiger partial charge on any atom is 0.411 e. The summed E-state index contributed by atoms with van der Waals surface area (Å²) in [6, 6.07) is 5.21. The highest BCUT2D eigenvalue weighted by Crippen LogP contribution is 2.27. The van der Waals surface area contributed by atoms with E-state index in [4.69, 9.17) is 4.74 Å². The van der Waals surface area contributed by atoms with E-state index in [1.165, 1.54) is 12.1 Å². The van der Waals surface area contributed by atoms with Crippen LogP contribution in [-0.4, -0.2) is 30.5 Å². The van der Waals surface area contributed by atoms with Crippen LogP contribution in [0, 0.1) is 0 Å². The summed E-state index contributed by atoms with van der Waals surface area (Å²) in [5.74, 6) is -2.02. The molecule has 1 aliphatic rings. The molecule has 0 radical (unpaired) electrons. The molecule has 5 amide bonds. The first-order valence-corrected chi connectivity index (χ1v) is 5.76. The third-order valence-corrected chi connectivity index (χ3v) is 2.48. The summed E-state index contributed by atoms with van der Waals surface area (Å²) in [5, 5.41) is 4.27. The lowest BCUT2D eigenvalue weighted by molar-refractivity contribution is -0.134. The standard InChI is InChI=1S/C12H11N3O5/c1-2-20-12(19)13-7-5-3-4-6-8(7)15-10(17)9(16)14-11(15)18/h3-6H,2H2,1H3,(H,13,19)(H,14,16,18). The number of carbonyl (C=O) groups excluding carboxylic acids is 4. The first kappa shape index (κ1) is 13.5. The van der Waals surface area contributed by atoms with E-state index in [2.05, 4.69) is 5.32 Å². The zero-order valence-corrected chi connectivity index (χ0v) is 10.5. The first-order valence-electron chi connectivity index (χ1n) is 5.76. The zero-order valence-electron chi connectivity index (χ0n) is 10.5. The molecule has 1 aromatic rings. The Bertz CT molecular complexity index is 599. The van der Waals surface area contributed by atoms with Crippen LogP contribution in [0.2, 0.25) is 0 Å². The number of nitrogens with zero attached hydrogens (tertiary/aromatic N) is 1. The van der Waals surface area contributed by atoms with E-state index < -0.39 is 23.9 Å². The van der Waals surface area contributed by atoms with Crippen LogP contribution in [0.25, 0.3) is 0 Å². The van der Waals surface area contributed by atoms with E-state index in [0.29, 0.717) is 4.90 Å². The zero-order chi connectivity index (χ0) is 14.7. The number of rotatable bonds is 3. The quantitative estimate of drug-likeness (QED) is 0.629. The highest BCUT2D eigenvalue weighted by molar-refractivity contribution is 6.53. The van der Waals surface area contributed by atoms with Crippen molar-refractivity contribution < 1.29 is 23.9 Å². The van der Waals surface area contributed by atoms with E-state index in [-0.39, 0.29) is 18.0 Å². The summed E-state index contributed by atoms with van der Waals surface area (Å²) in [6.07, 6.45) is -0.724. The molecule has 1 aliphatic heterocycles. The minimum absolute atomic E-state index is 0.0916. The Balaban J connectivity index is 2.33. The van der Waals surface area contributed by atoms with Crippen LogP contribution < -0.4 is 15.5 Å². The fourth-order valence-electron chi connectivity index (χ4n) is 1.67. The number of benzene rings is 1. The predicted molar refractivity (Wildman–Crippen MR) is 68.1 cm³/mol. The van der Waals surface area contributed by atoms with Gasteiger partial charge in [-0.1, -0.05) is 12.1 Å². The number of imide groups is 2. The van der Waals surface area contributed by atoms with E-state index >= 15 is 0 Å². The van der Waals surface area contributed by atoms with E-state index in [0.717, 1.165) is 0 Å². The Morgan fingerprint density at radius 2 is 2.00 bits per heavy atom. The van der Waals surface area contributed by atoms with Crippen LogP contribution >= 0.6 is 0 Å². The molecule has 0 aliphatic carbocycles. The number of carbonyl (C=O) groups is 4. The van der Waals surface area contributed by atoms with Gasteiger partial charge in [0, 0.05) is 0 Å². The number of ether oxygens (including phenoxy) is 1. The van der Waals surface area contributed by atoms with Gasteiger partial charge in [0.2, 0.25) is 0 Å². The summed E-state index contributed by atoms with van der Waals surface area (Å²) in [5.41, 5.74) is 0.276. The van der Waals surface area contributed by atoms with Crippen molar-refractivity contribution in [2.45, 2.75) is 6.92 Å². The van der Waals surface area contributed by atoms with Gasteiger partial charge in [-0.15, -0.1) is 0 Å². The predicted octanol–water partition coefficient (Wildman–Crippen LogP) is 0.838. The molecule has 1 aromatic carbocycles. The lowest BCUT2D eigenvalue weighted by atomic mass is 10.2.